The molecule has 0 fully saturated rings. The topological polar surface area (TPSA) is 12.9 Å². The third kappa shape index (κ3) is 2.42. The summed E-state index contributed by atoms with van der Waals surface area (Å²) in [5.41, 5.74) is 3.00. The van der Waals surface area contributed by atoms with Gasteiger partial charge in [-0.2, -0.15) is 0 Å². The molecule has 0 saturated carbocycles. The number of benzene rings is 1. The number of rotatable bonds is 2. The van der Waals surface area contributed by atoms with Crippen molar-refractivity contribution in [1.82, 2.24) is 4.98 Å². The van der Waals surface area contributed by atoms with Gasteiger partial charge in [0, 0.05) is 10.9 Å². The minimum Gasteiger partial charge on any atom is -0.253 e. The summed E-state index contributed by atoms with van der Waals surface area (Å²) in [6, 6.07) is 11.1. The number of alkyl halides is 1. The molecule has 0 unspecified atom stereocenters. The molecule has 0 N–H and O–H groups in total. The van der Waals surface area contributed by atoms with E-state index in [9.17, 15) is 4.39 Å². The van der Waals surface area contributed by atoms with Crippen LogP contribution < -0.4 is 0 Å². The van der Waals surface area contributed by atoms with Crippen molar-refractivity contribution in [3.63, 3.8) is 0 Å². The fourth-order valence-corrected chi connectivity index (χ4v) is 1.68. The highest BCUT2D eigenvalue weighted by atomic mass is 79.9. The van der Waals surface area contributed by atoms with Crippen molar-refractivity contribution >= 4 is 15.9 Å². The second-order valence-electron chi connectivity index (χ2n) is 3.19. The maximum Gasteiger partial charge on any atom is 0.141 e. The van der Waals surface area contributed by atoms with Gasteiger partial charge in [0.25, 0.3) is 0 Å². The van der Waals surface area contributed by atoms with Crippen LogP contribution in [0, 0.1) is 5.82 Å². The molecule has 1 nitrogen and oxygen atoms in total. The van der Waals surface area contributed by atoms with Crippen LogP contribution >= 0.6 is 15.9 Å². The fraction of sp³-hybridized carbons (Fsp3) is 0.0833. The molecule has 1 aromatic carbocycles. The van der Waals surface area contributed by atoms with Crippen molar-refractivity contribution in [2.45, 2.75) is 5.33 Å². The SMILES string of the molecule is Fc1ccc(-c2ccc(CBr)cc2)nc1. The summed E-state index contributed by atoms with van der Waals surface area (Å²) in [6.45, 7) is 0. The molecule has 15 heavy (non-hydrogen) atoms. The lowest BCUT2D eigenvalue weighted by molar-refractivity contribution is 0.622. The Kier molecular flexibility index (Phi) is 3.11. The van der Waals surface area contributed by atoms with E-state index in [2.05, 4.69) is 20.9 Å². The van der Waals surface area contributed by atoms with Gasteiger partial charge in [-0.25, -0.2) is 4.39 Å². The van der Waals surface area contributed by atoms with Gasteiger partial charge in [0.05, 0.1) is 11.9 Å². The normalized spacial score (nSPS) is 10.3. The Morgan fingerprint density at radius 3 is 2.33 bits per heavy atom. The lowest BCUT2D eigenvalue weighted by Crippen LogP contribution is -1.85. The fourth-order valence-electron chi connectivity index (χ4n) is 1.31. The molecule has 0 saturated heterocycles. The second kappa shape index (κ2) is 4.53. The van der Waals surface area contributed by atoms with Gasteiger partial charge >= 0.3 is 0 Å². The van der Waals surface area contributed by atoms with Crippen molar-refractivity contribution in [2.24, 2.45) is 0 Å². The van der Waals surface area contributed by atoms with E-state index in [0.717, 1.165) is 16.6 Å². The van der Waals surface area contributed by atoms with Crippen molar-refractivity contribution in [3.8, 4) is 11.3 Å². The molecule has 0 spiro atoms. The van der Waals surface area contributed by atoms with E-state index < -0.39 is 0 Å². The molecular weight excluding hydrogens is 257 g/mol. The zero-order valence-electron chi connectivity index (χ0n) is 7.95. The first-order valence-corrected chi connectivity index (χ1v) is 5.68. The van der Waals surface area contributed by atoms with Gasteiger partial charge in [-0.15, -0.1) is 0 Å². The number of hydrogen-bond acceptors (Lipinski definition) is 1. The van der Waals surface area contributed by atoms with Crippen LogP contribution in [0.5, 0.6) is 0 Å². The third-order valence-electron chi connectivity index (χ3n) is 2.13. The van der Waals surface area contributed by atoms with Gasteiger partial charge < -0.3 is 0 Å². The van der Waals surface area contributed by atoms with Crippen LogP contribution in [0.15, 0.2) is 42.6 Å². The van der Waals surface area contributed by atoms with Crippen molar-refractivity contribution in [1.29, 1.82) is 0 Å². The average molecular weight is 266 g/mol. The summed E-state index contributed by atoms with van der Waals surface area (Å²) in [4.78, 5) is 4.02. The molecule has 2 rings (SSSR count). The van der Waals surface area contributed by atoms with Gasteiger partial charge in [-0.05, 0) is 17.7 Å². The monoisotopic (exact) mass is 265 g/mol. The minimum atomic E-state index is -0.309. The Hall–Kier alpha value is -1.22. The lowest BCUT2D eigenvalue weighted by Gasteiger charge is -2.01. The number of pyridine rings is 1. The molecule has 1 aromatic heterocycles. The Labute approximate surface area is 96.1 Å². The number of nitrogens with zero attached hydrogens (tertiary/aromatic N) is 1. The zero-order valence-corrected chi connectivity index (χ0v) is 9.54. The van der Waals surface area contributed by atoms with Gasteiger partial charge in [0.15, 0.2) is 0 Å². The summed E-state index contributed by atoms with van der Waals surface area (Å²) < 4.78 is 12.7. The van der Waals surface area contributed by atoms with Gasteiger partial charge in [-0.3, -0.25) is 4.98 Å². The van der Waals surface area contributed by atoms with Crippen LogP contribution in [0.3, 0.4) is 0 Å². The summed E-state index contributed by atoms with van der Waals surface area (Å²) in [5, 5.41) is 0.837. The van der Waals surface area contributed by atoms with E-state index in [1.807, 2.05) is 24.3 Å². The zero-order chi connectivity index (χ0) is 10.7. The maximum atomic E-state index is 12.7. The minimum absolute atomic E-state index is 0.309. The first-order valence-electron chi connectivity index (χ1n) is 4.56. The molecule has 76 valence electrons. The smallest absolute Gasteiger partial charge is 0.141 e. The molecule has 0 atom stereocenters. The molecule has 0 aliphatic carbocycles. The highest BCUT2D eigenvalue weighted by Gasteiger charge is 1.99. The molecule has 0 bridgehead atoms. The number of halogens is 2. The molecule has 0 amide bonds. The lowest BCUT2D eigenvalue weighted by atomic mass is 10.1. The Bertz CT molecular complexity index is 436. The summed E-state index contributed by atoms with van der Waals surface area (Å²) in [6.07, 6.45) is 1.23. The third-order valence-corrected chi connectivity index (χ3v) is 2.78. The Morgan fingerprint density at radius 2 is 1.80 bits per heavy atom. The van der Waals surface area contributed by atoms with Crippen LogP contribution in [0.25, 0.3) is 11.3 Å². The van der Waals surface area contributed by atoms with Crippen molar-refractivity contribution < 1.29 is 4.39 Å². The largest absolute Gasteiger partial charge is 0.253 e. The molecule has 0 aliphatic heterocycles. The summed E-state index contributed by atoms with van der Waals surface area (Å²) >= 11 is 3.38. The molecule has 1 heterocycles. The van der Waals surface area contributed by atoms with Gasteiger partial charge in [-0.1, -0.05) is 40.2 Å². The highest BCUT2D eigenvalue weighted by Crippen LogP contribution is 2.18. The van der Waals surface area contributed by atoms with Crippen LogP contribution in [-0.2, 0) is 5.33 Å². The van der Waals surface area contributed by atoms with Crippen molar-refractivity contribution in [2.75, 3.05) is 0 Å². The van der Waals surface area contributed by atoms with Crippen LogP contribution in [0.2, 0.25) is 0 Å². The first kappa shape index (κ1) is 10.3. The average Bonchev–Trinajstić information content (AvgIpc) is 2.30. The van der Waals surface area contributed by atoms with E-state index in [1.165, 1.54) is 17.8 Å². The molecule has 3 heteroatoms. The maximum absolute atomic E-state index is 12.7. The molecule has 2 aromatic rings. The molecule has 0 aliphatic rings. The highest BCUT2D eigenvalue weighted by molar-refractivity contribution is 9.08. The first-order chi connectivity index (χ1) is 7.29. The second-order valence-corrected chi connectivity index (χ2v) is 3.75. The van der Waals surface area contributed by atoms with Crippen molar-refractivity contribution in [3.05, 3.63) is 54.0 Å². The van der Waals surface area contributed by atoms with Gasteiger partial charge in [0.1, 0.15) is 5.82 Å². The van der Waals surface area contributed by atoms with Crippen LogP contribution in [0.1, 0.15) is 5.56 Å². The predicted molar refractivity (Wildman–Crippen MR) is 62.3 cm³/mol. The van der Waals surface area contributed by atoms with Gasteiger partial charge in [0.2, 0.25) is 0 Å². The number of aromatic nitrogens is 1. The predicted octanol–water partition coefficient (Wildman–Crippen LogP) is 3.78. The number of hydrogen-bond donors (Lipinski definition) is 0. The van der Waals surface area contributed by atoms with Crippen LogP contribution in [0.4, 0.5) is 4.39 Å². The van der Waals surface area contributed by atoms with E-state index in [4.69, 9.17) is 0 Å². The Balaban J connectivity index is 2.33. The molecule has 0 radical (unpaired) electrons. The standard InChI is InChI=1S/C12H9BrFN/c13-7-9-1-3-10(4-2-9)12-6-5-11(14)8-15-12/h1-6,8H,7H2. The quantitative estimate of drug-likeness (QED) is 0.754. The Morgan fingerprint density at radius 1 is 1.07 bits per heavy atom. The van der Waals surface area contributed by atoms with E-state index in [-0.39, 0.29) is 5.82 Å². The van der Waals surface area contributed by atoms with E-state index in [1.54, 1.807) is 6.07 Å². The van der Waals surface area contributed by atoms with E-state index >= 15 is 0 Å². The summed E-state index contributed by atoms with van der Waals surface area (Å²) in [5.74, 6) is -0.309. The van der Waals surface area contributed by atoms with E-state index in [0.29, 0.717) is 0 Å². The molecular formula is C12H9BrFN. The van der Waals surface area contributed by atoms with Crippen LogP contribution in [-0.4, -0.2) is 4.98 Å². The summed E-state index contributed by atoms with van der Waals surface area (Å²) in [7, 11) is 0.